The average molecular weight is 251 g/mol. The van der Waals surface area contributed by atoms with Gasteiger partial charge in [-0.25, -0.2) is 0 Å². The Bertz CT molecular complexity index is 328. The number of ether oxygens (including phenoxy) is 2. The van der Waals surface area contributed by atoms with Gasteiger partial charge in [0, 0.05) is 6.04 Å². The van der Waals surface area contributed by atoms with Crippen LogP contribution >= 0.6 is 0 Å². The molecule has 3 heteroatoms. The van der Waals surface area contributed by atoms with Crippen LogP contribution in [0.25, 0.3) is 0 Å². The third-order valence-electron chi connectivity index (χ3n) is 2.67. The van der Waals surface area contributed by atoms with E-state index < -0.39 is 0 Å². The van der Waals surface area contributed by atoms with Crippen molar-refractivity contribution < 1.29 is 9.47 Å². The number of para-hydroxylation sites is 2. The molecule has 0 heterocycles. The molecule has 0 radical (unpaired) electrons. The van der Waals surface area contributed by atoms with Gasteiger partial charge in [-0.1, -0.05) is 26.0 Å². The second kappa shape index (κ2) is 8.81. The Kier molecular flexibility index (Phi) is 7.26. The van der Waals surface area contributed by atoms with Crippen molar-refractivity contribution in [3.05, 3.63) is 24.3 Å². The molecule has 1 rings (SSSR count). The van der Waals surface area contributed by atoms with E-state index in [0.29, 0.717) is 12.6 Å². The Labute approximate surface area is 110 Å². The number of hydrogen-bond acceptors (Lipinski definition) is 3. The summed E-state index contributed by atoms with van der Waals surface area (Å²) in [5, 5.41) is 3.37. The van der Waals surface area contributed by atoms with Gasteiger partial charge in [-0.05, 0) is 38.4 Å². The predicted octanol–water partition coefficient (Wildman–Crippen LogP) is 3.24. The summed E-state index contributed by atoms with van der Waals surface area (Å²) in [7, 11) is 0. The summed E-state index contributed by atoms with van der Waals surface area (Å²) >= 11 is 0. The van der Waals surface area contributed by atoms with Crippen LogP contribution in [0.1, 0.15) is 33.6 Å². The highest BCUT2D eigenvalue weighted by atomic mass is 16.5. The maximum absolute atomic E-state index is 5.79. The predicted molar refractivity (Wildman–Crippen MR) is 75.5 cm³/mol. The molecule has 3 nitrogen and oxygen atoms in total. The lowest BCUT2D eigenvalue weighted by atomic mass is 10.2. The van der Waals surface area contributed by atoms with Crippen molar-refractivity contribution in [3.8, 4) is 11.5 Å². The van der Waals surface area contributed by atoms with Gasteiger partial charge in [0.25, 0.3) is 0 Å². The minimum atomic E-state index is 0.485. The molecule has 0 saturated carbocycles. The van der Waals surface area contributed by atoms with E-state index in [4.69, 9.17) is 9.47 Å². The number of nitrogens with one attached hydrogen (secondary N) is 1. The summed E-state index contributed by atoms with van der Waals surface area (Å²) in [5.74, 6) is 1.69. The molecule has 0 spiro atoms. The highest BCUT2D eigenvalue weighted by Gasteiger charge is 2.05. The first-order valence-corrected chi connectivity index (χ1v) is 6.85. The van der Waals surface area contributed by atoms with Crippen molar-refractivity contribution in [2.45, 2.75) is 39.7 Å². The molecule has 1 atom stereocenters. The number of hydrogen-bond donors (Lipinski definition) is 1. The van der Waals surface area contributed by atoms with Gasteiger partial charge >= 0.3 is 0 Å². The zero-order chi connectivity index (χ0) is 13.2. The summed E-state index contributed by atoms with van der Waals surface area (Å²) in [4.78, 5) is 0. The molecule has 0 bridgehead atoms. The van der Waals surface area contributed by atoms with E-state index in [0.717, 1.165) is 37.5 Å². The van der Waals surface area contributed by atoms with E-state index in [1.807, 2.05) is 24.3 Å². The van der Waals surface area contributed by atoms with Gasteiger partial charge in [-0.15, -0.1) is 0 Å². The van der Waals surface area contributed by atoms with Crippen LogP contribution in [0.3, 0.4) is 0 Å². The fraction of sp³-hybridized carbons (Fsp3) is 0.600. The molecule has 0 saturated heterocycles. The average Bonchev–Trinajstić information content (AvgIpc) is 2.38. The summed E-state index contributed by atoms with van der Waals surface area (Å²) in [6, 6.07) is 8.35. The van der Waals surface area contributed by atoms with Crippen LogP contribution < -0.4 is 14.8 Å². The first kappa shape index (κ1) is 14.8. The molecule has 0 aliphatic heterocycles. The molecule has 102 valence electrons. The van der Waals surface area contributed by atoms with Crippen molar-refractivity contribution >= 4 is 0 Å². The van der Waals surface area contributed by atoms with E-state index in [9.17, 15) is 0 Å². The first-order chi connectivity index (χ1) is 8.77. The van der Waals surface area contributed by atoms with Gasteiger partial charge in [-0.3, -0.25) is 0 Å². The van der Waals surface area contributed by atoms with Crippen LogP contribution in [0, 0.1) is 0 Å². The molecule has 0 aliphatic carbocycles. The molecule has 18 heavy (non-hydrogen) atoms. The standard InChI is InChI=1S/C15H25NO2/c1-4-11-17-14-8-6-7-9-15(14)18-12-10-13(3)16-5-2/h6-9,13,16H,4-5,10-12H2,1-3H3. The summed E-state index contributed by atoms with van der Waals surface area (Å²) in [6.07, 6.45) is 2.00. The Morgan fingerprint density at radius 3 is 2.22 bits per heavy atom. The van der Waals surface area contributed by atoms with Gasteiger partial charge in [0.2, 0.25) is 0 Å². The van der Waals surface area contributed by atoms with Crippen molar-refractivity contribution in [2.75, 3.05) is 19.8 Å². The van der Waals surface area contributed by atoms with Crippen molar-refractivity contribution in [3.63, 3.8) is 0 Å². The van der Waals surface area contributed by atoms with Crippen molar-refractivity contribution in [1.82, 2.24) is 5.32 Å². The molecule has 1 N–H and O–H groups in total. The van der Waals surface area contributed by atoms with Crippen molar-refractivity contribution in [1.29, 1.82) is 0 Å². The Morgan fingerprint density at radius 1 is 1.06 bits per heavy atom. The topological polar surface area (TPSA) is 30.5 Å². The maximum Gasteiger partial charge on any atom is 0.161 e. The summed E-state index contributed by atoms with van der Waals surface area (Å²) in [5.41, 5.74) is 0. The highest BCUT2D eigenvalue weighted by molar-refractivity contribution is 5.39. The largest absolute Gasteiger partial charge is 0.490 e. The lowest BCUT2D eigenvalue weighted by Gasteiger charge is -2.15. The van der Waals surface area contributed by atoms with Gasteiger partial charge in [0.15, 0.2) is 11.5 Å². The fourth-order valence-electron chi connectivity index (χ4n) is 1.70. The lowest BCUT2D eigenvalue weighted by Crippen LogP contribution is -2.27. The Balaban J connectivity index is 2.40. The smallest absolute Gasteiger partial charge is 0.161 e. The Morgan fingerprint density at radius 2 is 1.67 bits per heavy atom. The van der Waals surface area contributed by atoms with E-state index in [-0.39, 0.29) is 0 Å². The zero-order valence-corrected chi connectivity index (χ0v) is 11.7. The van der Waals surface area contributed by atoms with Gasteiger partial charge in [0.1, 0.15) is 0 Å². The van der Waals surface area contributed by atoms with Crippen LogP contribution in [0.5, 0.6) is 11.5 Å². The van der Waals surface area contributed by atoms with E-state index >= 15 is 0 Å². The molecule has 1 aromatic carbocycles. The van der Waals surface area contributed by atoms with Crippen LogP contribution in [-0.2, 0) is 0 Å². The fourth-order valence-corrected chi connectivity index (χ4v) is 1.70. The maximum atomic E-state index is 5.79. The molecular weight excluding hydrogens is 226 g/mol. The van der Waals surface area contributed by atoms with Crippen LogP contribution in [0.4, 0.5) is 0 Å². The highest BCUT2D eigenvalue weighted by Crippen LogP contribution is 2.26. The minimum Gasteiger partial charge on any atom is -0.490 e. The normalized spacial score (nSPS) is 12.2. The van der Waals surface area contributed by atoms with E-state index in [1.54, 1.807) is 0 Å². The second-order valence-electron chi connectivity index (χ2n) is 4.39. The minimum absolute atomic E-state index is 0.485. The molecule has 1 aromatic rings. The van der Waals surface area contributed by atoms with Gasteiger partial charge in [-0.2, -0.15) is 0 Å². The molecular formula is C15H25NO2. The molecule has 0 aromatic heterocycles. The molecule has 0 aliphatic rings. The van der Waals surface area contributed by atoms with E-state index in [1.165, 1.54) is 0 Å². The molecule has 1 unspecified atom stereocenters. The first-order valence-electron chi connectivity index (χ1n) is 6.85. The third-order valence-corrected chi connectivity index (χ3v) is 2.67. The third kappa shape index (κ3) is 5.41. The summed E-state index contributed by atoms with van der Waals surface area (Å²) < 4.78 is 11.4. The molecule has 0 fully saturated rings. The number of benzene rings is 1. The molecule has 0 amide bonds. The van der Waals surface area contributed by atoms with Gasteiger partial charge in [0.05, 0.1) is 13.2 Å². The zero-order valence-electron chi connectivity index (χ0n) is 11.7. The number of rotatable bonds is 9. The monoisotopic (exact) mass is 251 g/mol. The Hall–Kier alpha value is -1.22. The van der Waals surface area contributed by atoms with Crippen LogP contribution in [-0.4, -0.2) is 25.8 Å². The SMILES string of the molecule is CCCOc1ccccc1OCCC(C)NCC. The van der Waals surface area contributed by atoms with Crippen LogP contribution in [0.15, 0.2) is 24.3 Å². The van der Waals surface area contributed by atoms with Gasteiger partial charge < -0.3 is 14.8 Å². The second-order valence-corrected chi connectivity index (χ2v) is 4.39. The van der Waals surface area contributed by atoms with E-state index in [2.05, 4.69) is 26.1 Å². The van der Waals surface area contributed by atoms with Crippen LogP contribution in [0.2, 0.25) is 0 Å². The quantitative estimate of drug-likeness (QED) is 0.731. The lowest BCUT2D eigenvalue weighted by molar-refractivity contribution is 0.257. The summed E-state index contributed by atoms with van der Waals surface area (Å²) in [6.45, 7) is 8.82. The van der Waals surface area contributed by atoms with Crippen molar-refractivity contribution in [2.24, 2.45) is 0 Å².